The first-order chi connectivity index (χ1) is 16.0. The van der Waals surface area contributed by atoms with Crippen LogP contribution in [0, 0.1) is 19.7 Å². The van der Waals surface area contributed by atoms with Crippen molar-refractivity contribution in [1.82, 2.24) is 20.4 Å². The summed E-state index contributed by atoms with van der Waals surface area (Å²) in [5, 5.41) is 7.38. The van der Waals surface area contributed by atoms with Gasteiger partial charge in [0.25, 0.3) is 5.91 Å². The number of pyridine rings is 2. The maximum Gasteiger partial charge on any atom is 0.254 e. The number of nitrogens with zero attached hydrogens (tertiary/aromatic N) is 3. The van der Waals surface area contributed by atoms with Gasteiger partial charge in [0.05, 0.1) is 17.5 Å². The van der Waals surface area contributed by atoms with E-state index in [2.05, 4.69) is 20.4 Å². The lowest BCUT2D eigenvalue weighted by Crippen LogP contribution is -2.23. The number of aryl methyl sites for hydroxylation is 2. The Morgan fingerprint density at radius 1 is 1.18 bits per heavy atom. The van der Waals surface area contributed by atoms with Crippen LogP contribution in [0.5, 0.6) is 11.5 Å². The van der Waals surface area contributed by atoms with Gasteiger partial charge < -0.3 is 14.6 Å². The Kier molecular flexibility index (Phi) is 6.99. The van der Waals surface area contributed by atoms with Gasteiger partial charge in [-0.25, -0.2) is 9.37 Å². The first kappa shape index (κ1) is 22.5. The lowest BCUT2D eigenvalue weighted by atomic mass is 10.2. The predicted molar refractivity (Wildman–Crippen MR) is 122 cm³/mol. The van der Waals surface area contributed by atoms with E-state index < -0.39 is 5.82 Å². The summed E-state index contributed by atoms with van der Waals surface area (Å²) in [6.45, 7) is 3.89. The number of amides is 1. The third-order valence-corrected chi connectivity index (χ3v) is 5.89. The highest BCUT2D eigenvalue weighted by atomic mass is 32.2. The van der Waals surface area contributed by atoms with E-state index in [1.165, 1.54) is 30.1 Å². The molecule has 3 aromatic heterocycles. The summed E-state index contributed by atoms with van der Waals surface area (Å²) in [7, 11) is 0. The third-order valence-electron chi connectivity index (χ3n) is 4.86. The van der Waals surface area contributed by atoms with E-state index in [0.29, 0.717) is 27.7 Å². The second-order valence-corrected chi connectivity index (χ2v) is 8.15. The Morgan fingerprint density at radius 2 is 2.03 bits per heavy atom. The molecule has 0 aliphatic carbocycles. The van der Waals surface area contributed by atoms with E-state index in [4.69, 9.17) is 9.26 Å². The molecule has 0 radical (unpaired) electrons. The molecule has 0 atom stereocenters. The number of hydrogen-bond donors (Lipinski definition) is 1. The number of thioether (sulfide) groups is 1. The van der Waals surface area contributed by atoms with Crippen LogP contribution >= 0.6 is 11.8 Å². The molecule has 3 heterocycles. The van der Waals surface area contributed by atoms with Gasteiger partial charge in [0.15, 0.2) is 11.6 Å². The molecule has 0 spiro atoms. The highest BCUT2D eigenvalue weighted by Crippen LogP contribution is 2.28. The number of halogens is 1. The fourth-order valence-corrected chi connectivity index (χ4v) is 4.22. The first-order valence-electron chi connectivity index (χ1n) is 10.2. The highest BCUT2D eigenvalue weighted by molar-refractivity contribution is 7.98. The van der Waals surface area contributed by atoms with Crippen molar-refractivity contribution >= 4 is 17.7 Å². The second-order valence-electron chi connectivity index (χ2n) is 7.19. The summed E-state index contributed by atoms with van der Waals surface area (Å²) in [5.41, 5.74) is 2.86. The normalized spacial score (nSPS) is 10.8. The molecular formula is C24H21FN4O3S. The average Bonchev–Trinajstić information content (AvgIpc) is 3.15. The molecule has 168 valence electrons. The SMILES string of the molecule is Cc1noc(C)c1CSc1ncccc1C(=O)NCc1ccc(Oc2cccnc2)c(F)c1. The molecule has 0 saturated carbocycles. The van der Waals surface area contributed by atoms with Crippen LogP contribution in [-0.4, -0.2) is 21.0 Å². The fraction of sp³-hybridized carbons (Fsp3) is 0.167. The zero-order valence-electron chi connectivity index (χ0n) is 18.0. The number of rotatable bonds is 8. The molecule has 0 aliphatic heterocycles. The van der Waals surface area contributed by atoms with Gasteiger partial charge in [-0.1, -0.05) is 11.2 Å². The van der Waals surface area contributed by atoms with Crippen LogP contribution in [0.25, 0.3) is 0 Å². The van der Waals surface area contributed by atoms with E-state index in [1.54, 1.807) is 42.7 Å². The van der Waals surface area contributed by atoms with Crippen LogP contribution in [0.1, 0.15) is 32.9 Å². The van der Waals surface area contributed by atoms with Crippen molar-refractivity contribution in [3.05, 3.63) is 95.0 Å². The third kappa shape index (κ3) is 5.56. The standard InChI is InChI=1S/C24H21FN4O3S/c1-15-20(16(2)32-29-15)14-33-24-19(6-4-10-27-24)23(30)28-12-17-7-8-22(21(25)11-17)31-18-5-3-9-26-13-18/h3-11,13H,12,14H2,1-2H3,(H,28,30). The van der Waals surface area contributed by atoms with E-state index in [9.17, 15) is 9.18 Å². The molecule has 0 bridgehead atoms. The van der Waals surface area contributed by atoms with Crippen LogP contribution in [0.3, 0.4) is 0 Å². The monoisotopic (exact) mass is 464 g/mol. The van der Waals surface area contributed by atoms with Gasteiger partial charge in [0.1, 0.15) is 16.5 Å². The Labute approximate surface area is 194 Å². The fourth-order valence-electron chi connectivity index (χ4n) is 3.08. The van der Waals surface area contributed by atoms with Crippen LogP contribution in [0.2, 0.25) is 0 Å². The Morgan fingerprint density at radius 3 is 2.76 bits per heavy atom. The minimum Gasteiger partial charge on any atom is -0.453 e. The lowest BCUT2D eigenvalue weighted by Gasteiger charge is -2.11. The minimum atomic E-state index is -0.525. The van der Waals surface area contributed by atoms with Crippen molar-refractivity contribution in [3.8, 4) is 11.5 Å². The number of aromatic nitrogens is 3. The average molecular weight is 465 g/mol. The highest BCUT2D eigenvalue weighted by Gasteiger charge is 2.16. The molecular weight excluding hydrogens is 443 g/mol. The molecule has 0 saturated heterocycles. The summed E-state index contributed by atoms with van der Waals surface area (Å²) in [4.78, 5) is 21.1. The Bertz CT molecular complexity index is 1240. The Hall–Kier alpha value is -3.72. The van der Waals surface area contributed by atoms with Gasteiger partial charge in [-0.2, -0.15) is 0 Å². The number of carbonyl (C=O) groups excluding carboxylic acids is 1. The molecule has 33 heavy (non-hydrogen) atoms. The predicted octanol–water partition coefficient (Wildman–Crippen LogP) is 5.24. The van der Waals surface area contributed by atoms with Crippen molar-refractivity contribution in [2.24, 2.45) is 0 Å². The lowest BCUT2D eigenvalue weighted by molar-refractivity contribution is 0.0947. The van der Waals surface area contributed by atoms with Gasteiger partial charge >= 0.3 is 0 Å². The zero-order chi connectivity index (χ0) is 23.2. The molecule has 1 N–H and O–H groups in total. The molecule has 4 rings (SSSR count). The van der Waals surface area contributed by atoms with Gasteiger partial charge in [0, 0.05) is 30.3 Å². The number of benzene rings is 1. The number of ether oxygens (including phenoxy) is 1. The molecule has 0 unspecified atom stereocenters. The summed E-state index contributed by atoms with van der Waals surface area (Å²) in [6, 6.07) is 11.4. The molecule has 0 aliphatic rings. The summed E-state index contributed by atoms with van der Waals surface area (Å²) >= 11 is 1.43. The van der Waals surface area contributed by atoms with E-state index in [-0.39, 0.29) is 18.2 Å². The van der Waals surface area contributed by atoms with E-state index in [0.717, 1.165) is 17.0 Å². The topological polar surface area (TPSA) is 90.1 Å². The second kappa shape index (κ2) is 10.3. The quantitative estimate of drug-likeness (QED) is 0.357. The van der Waals surface area contributed by atoms with Gasteiger partial charge in [-0.05, 0) is 55.8 Å². The van der Waals surface area contributed by atoms with E-state index in [1.807, 2.05) is 13.8 Å². The minimum absolute atomic E-state index is 0.0864. The van der Waals surface area contributed by atoms with Crippen LogP contribution < -0.4 is 10.1 Å². The van der Waals surface area contributed by atoms with Gasteiger partial charge in [-0.15, -0.1) is 11.8 Å². The van der Waals surface area contributed by atoms with Crippen molar-refractivity contribution in [1.29, 1.82) is 0 Å². The summed E-state index contributed by atoms with van der Waals surface area (Å²) < 4.78 is 25.2. The molecule has 9 heteroatoms. The zero-order valence-corrected chi connectivity index (χ0v) is 18.9. The maximum atomic E-state index is 14.5. The molecule has 0 fully saturated rings. The summed E-state index contributed by atoms with van der Waals surface area (Å²) in [5.74, 6) is 1.05. The number of carbonyl (C=O) groups is 1. The largest absolute Gasteiger partial charge is 0.453 e. The maximum absolute atomic E-state index is 14.5. The smallest absolute Gasteiger partial charge is 0.254 e. The van der Waals surface area contributed by atoms with Crippen LogP contribution in [-0.2, 0) is 12.3 Å². The van der Waals surface area contributed by atoms with Crippen LogP contribution in [0.15, 0.2) is 70.6 Å². The molecule has 1 amide bonds. The first-order valence-corrected chi connectivity index (χ1v) is 11.1. The molecule has 1 aromatic carbocycles. The van der Waals surface area contributed by atoms with Gasteiger partial charge in [-0.3, -0.25) is 9.78 Å². The van der Waals surface area contributed by atoms with Crippen LogP contribution in [0.4, 0.5) is 4.39 Å². The van der Waals surface area contributed by atoms with Crippen molar-refractivity contribution in [2.75, 3.05) is 0 Å². The van der Waals surface area contributed by atoms with E-state index >= 15 is 0 Å². The number of nitrogens with one attached hydrogen (secondary N) is 1. The van der Waals surface area contributed by atoms with Gasteiger partial charge in [0.2, 0.25) is 0 Å². The molecule has 4 aromatic rings. The summed E-state index contributed by atoms with van der Waals surface area (Å²) in [6.07, 6.45) is 4.75. The van der Waals surface area contributed by atoms with Crippen molar-refractivity contribution in [2.45, 2.75) is 31.2 Å². The molecule has 7 nitrogen and oxygen atoms in total. The Balaban J connectivity index is 1.39. The number of hydrogen-bond acceptors (Lipinski definition) is 7. The van der Waals surface area contributed by atoms with Crippen molar-refractivity contribution in [3.63, 3.8) is 0 Å². The van der Waals surface area contributed by atoms with Crippen molar-refractivity contribution < 1.29 is 18.4 Å².